The molecule has 0 radical (unpaired) electrons. The van der Waals surface area contributed by atoms with Crippen molar-refractivity contribution >= 4 is 27.5 Å². The molecule has 1 aliphatic rings. The average molecular weight is 363 g/mol. The van der Waals surface area contributed by atoms with Gasteiger partial charge >= 0.3 is 0 Å². The van der Waals surface area contributed by atoms with Crippen molar-refractivity contribution < 1.29 is 9.18 Å². The van der Waals surface area contributed by atoms with Gasteiger partial charge < -0.3 is 10.6 Å². The molecule has 2 aromatic rings. The van der Waals surface area contributed by atoms with Gasteiger partial charge in [-0.2, -0.15) is 0 Å². The van der Waals surface area contributed by atoms with E-state index in [0.29, 0.717) is 13.1 Å². The third kappa shape index (κ3) is 2.61. The van der Waals surface area contributed by atoms with Crippen LogP contribution in [-0.4, -0.2) is 17.4 Å². The minimum atomic E-state index is -0.639. The number of fused-ring (bicyclic) bond motifs is 1. The molecule has 0 saturated carbocycles. The molecule has 2 aromatic carbocycles. The zero-order chi connectivity index (χ0) is 15.9. The summed E-state index contributed by atoms with van der Waals surface area (Å²) in [6.07, 6.45) is 0. The molecule has 1 atom stereocenters. The van der Waals surface area contributed by atoms with E-state index in [0.717, 1.165) is 10.0 Å². The van der Waals surface area contributed by atoms with Gasteiger partial charge in [0.05, 0.1) is 11.3 Å². The standard InChI is InChI=1S/C17H16BrFN2O/c1-10-8-21(9-11-7-12(18)5-6-13(10)11)17(22)14-3-2-4-15(20)16(14)19/h2-7,10H,8-9,20H2,1H3. The van der Waals surface area contributed by atoms with Gasteiger partial charge in [0.1, 0.15) is 0 Å². The number of anilines is 1. The molecule has 114 valence electrons. The van der Waals surface area contributed by atoms with Crippen molar-refractivity contribution in [3.63, 3.8) is 0 Å². The highest BCUT2D eigenvalue weighted by molar-refractivity contribution is 9.10. The zero-order valence-corrected chi connectivity index (χ0v) is 13.7. The molecule has 22 heavy (non-hydrogen) atoms. The lowest BCUT2D eigenvalue weighted by molar-refractivity contribution is 0.0716. The number of hydrogen-bond acceptors (Lipinski definition) is 2. The van der Waals surface area contributed by atoms with Gasteiger partial charge in [-0.1, -0.05) is 35.0 Å². The molecule has 5 heteroatoms. The quantitative estimate of drug-likeness (QED) is 0.781. The fraction of sp³-hybridized carbons (Fsp3) is 0.235. The van der Waals surface area contributed by atoms with E-state index in [1.807, 2.05) is 12.1 Å². The van der Waals surface area contributed by atoms with Crippen LogP contribution in [0.25, 0.3) is 0 Å². The van der Waals surface area contributed by atoms with Gasteiger partial charge in [-0.15, -0.1) is 0 Å². The Morgan fingerprint density at radius 3 is 2.91 bits per heavy atom. The summed E-state index contributed by atoms with van der Waals surface area (Å²) in [5.41, 5.74) is 7.92. The molecule has 0 spiro atoms. The highest BCUT2D eigenvalue weighted by Crippen LogP contribution is 2.31. The fourth-order valence-electron chi connectivity index (χ4n) is 2.93. The van der Waals surface area contributed by atoms with Gasteiger partial charge in [-0.05, 0) is 41.3 Å². The van der Waals surface area contributed by atoms with Crippen molar-refractivity contribution in [1.82, 2.24) is 4.90 Å². The lowest BCUT2D eigenvalue weighted by Crippen LogP contribution is -2.38. The predicted molar refractivity (Wildman–Crippen MR) is 88.1 cm³/mol. The highest BCUT2D eigenvalue weighted by atomic mass is 79.9. The molecule has 0 aromatic heterocycles. The van der Waals surface area contributed by atoms with Gasteiger partial charge in [-0.25, -0.2) is 4.39 Å². The molecule has 1 unspecified atom stereocenters. The van der Waals surface area contributed by atoms with Crippen LogP contribution in [0.5, 0.6) is 0 Å². The smallest absolute Gasteiger partial charge is 0.257 e. The Bertz CT molecular complexity index is 747. The summed E-state index contributed by atoms with van der Waals surface area (Å²) in [7, 11) is 0. The van der Waals surface area contributed by atoms with Crippen molar-refractivity contribution in [2.45, 2.75) is 19.4 Å². The molecular weight excluding hydrogens is 347 g/mol. The minimum absolute atomic E-state index is 0.000877. The van der Waals surface area contributed by atoms with E-state index >= 15 is 0 Å². The molecule has 1 heterocycles. The molecule has 1 amide bonds. The lowest BCUT2D eigenvalue weighted by atomic mass is 9.91. The summed E-state index contributed by atoms with van der Waals surface area (Å²) in [5.74, 6) is -0.743. The molecule has 1 aliphatic heterocycles. The molecule has 0 fully saturated rings. The Morgan fingerprint density at radius 2 is 2.14 bits per heavy atom. The van der Waals surface area contributed by atoms with Crippen LogP contribution in [0.3, 0.4) is 0 Å². The number of amides is 1. The van der Waals surface area contributed by atoms with Gasteiger partial charge in [0.15, 0.2) is 5.82 Å². The van der Waals surface area contributed by atoms with Gasteiger partial charge in [-0.3, -0.25) is 4.79 Å². The molecule has 3 rings (SSSR count). The first kappa shape index (κ1) is 15.0. The van der Waals surface area contributed by atoms with Gasteiger partial charge in [0, 0.05) is 17.6 Å². The maximum Gasteiger partial charge on any atom is 0.257 e. The maximum atomic E-state index is 14.1. The third-order valence-electron chi connectivity index (χ3n) is 4.04. The van der Waals surface area contributed by atoms with Gasteiger partial charge in [0.25, 0.3) is 5.91 Å². The molecule has 3 nitrogen and oxygen atoms in total. The Labute approximate surface area is 137 Å². The van der Waals surface area contributed by atoms with Crippen LogP contribution < -0.4 is 5.73 Å². The first-order valence-electron chi connectivity index (χ1n) is 7.09. The number of hydrogen-bond donors (Lipinski definition) is 1. The second-order valence-corrected chi connectivity index (χ2v) is 6.55. The van der Waals surface area contributed by atoms with E-state index < -0.39 is 5.82 Å². The monoisotopic (exact) mass is 362 g/mol. The number of nitrogens with zero attached hydrogens (tertiary/aromatic N) is 1. The van der Waals surface area contributed by atoms with Crippen LogP contribution in [0.2, 0.25) is 0 Å². The van der Waals surface area contributed by atoms with E-state index in [1.54, 1.807) is 11.0 Å². The van der Waals surface area contributed by atoms with Crippen LogP contribution in [-0.2, 0) is 6.54 Å². The van der Waals surface area contributed by atoms with E-state index in [-0.39, 0.29) is 23.1 Å². The van der Waals surface area contributed by atoms with Crippen LogP contribution in [0.1, 0.15) is 34.3 Å². The Hall–Kier alpha value is -1.88. The largest absolute Gasteiger partial charge is 0.396 e. The van der Waals surface area contributed by atoms with E-state index in [2.05, 4.69) is 28.9 Å². The molecule has 0 bridgehead atoms. The summed E-state index contributed by atoms with van der Waals surface area (Å²) < 4.78 is 15.1. The molecule has 0 saturated heterocycles. The maximum absolute atomic E-state index is 14.1. The number of rotatable bonds is 1. The zero-order valence-electron chi connectivity index (χ0n) is 12.1. The number of carbonyl (C=O) groups excluding carboxylic acids is 1. The average Bonchev–Trinajstić information content (AvgIpc) is 2.48. The molecule has 2 N–H and O–H groups in total. The van der Waals surface area contributed by atoms with Crippen molar-refractivity contribution in [3.8, 4) is 0 Å². The van der Waals surface area contributed by atoms with Crippen LogP contribution in [0, 0.1) is 5.82 Å². The number of benzene rings is 2. The van der Waals surface area contributed by atoms with Crippen molar-refractivity contribution in [1.29, 1.82) is 0 Å². The number of nitrogens with two attached hydrogens (primary N) is 1. The highest BCUT2D eigenvalue weighted by Gasteiger charge is 2.28. The van der Waals surface area contributed by atoms with E-state index in [4.69, 9.17) is 5.73 Å². The van der Waals surface area contributed by atoms with Crippen molar-refractivity contribution in [2.24, 2.45) is 0 Å². The van der Waals surface area contributed by atoms with Crippen molar-refractivity contribution in [2.75, 3.05) is 12.3 Å². The van der Waals surface area contributed by atoms with Crippen LogP contribution in [0.4, 0.5) is 10.1 Å². The second kappa shape index (κ2) is 5.72. The summed E-state index contributed by atoms with van der Waals surface area (Å²) in [5, 5.41) is 0. The first-order chi connectivity index (χ1) is 10.5. The van der Waals surface area contributed by atoms with Crippen LogP contribution in [0.15, 0.2) is 40.9 Å². The predicted octanol–water partition coefficient (Wildman–Crippen LogP) is 3.93. The summed E-state index contributed by atoms with van der Waals surface area (Å²) in [4.78, 5) is 14.3. The third-order valence-corrected chi connectivity index (χ3v) is 4.53. The lowest BCUT2D eigenvalue weighted by Gasteiger charge is -2.33. The number of nitrogen functional groups attached to an aromatic ring is 1. The summed E-state index contributed by atoms with van der Waals surface area (Å²) in [6, 6.07) is 10.6. The summed E-state index contributed by atoms with van der Waals surface area (Å²) in [6.45, 7) is 3.12. The Kier molecular flexibility index (Phi) is 3.91. The SMILES string of the molecule is CC1CN(C(=O)c2cccc(N)c2F)Cc2cc(Br)ccc21. The van der Waals surface area contributed by atoms with Crippen LogP contribution >= 0.6 is 15.9 Å². The van der Waals surface area contributed by atoms with Crippen molar-refractivity contribution in [3.05, 3.63) is 63.4 Å². The number of carbonyl (C=O) groups is 1. The fourth-order valence-corrected chi connectivity index (χ4v) is 3.34. The second-order valence-electron chi connectivity index (χ2n) is 5.64. The first-order valence-corrected chi connectivity index (χ1v) is 7.88. The number of halogens is 2. The van der Waals surface area contributed by atoms with Gasteiger partial charge in [0.2, 0.25) is 0 Å². The minimum Gasteiger partial charge on any atom is -0.396 e. The normalized spacial score (nSPS) is 17.2. The topological polar surface area (TPSA) is 46.3 Å². The summed E-state index contributed by atoms with van der Waals surface area (Å²) >= 11 is 3.45. The van der Waals surface area contributed by atoms with E-state index in [1.165, 1.54) is 17.7 Å². The Balaban J connectivity index is 1.94. The molecule has 0 aliphatic carbocycles. The molecular formula is C17H16BrFN2O. The van der Waals surface area contributed by atoms with E-state index in [9.17, 15) is 9.18 Å². The Morgan fingerprint density at radius 1 is 1.36 bits per heavy atom.